The molecule has 0 aliphatic carbocycles. The molecule has 0 spiro atoms. The van der Waals surface area contributed by atoms with Gasteiger partial charge in [0.15, 0.2) is 0 Å². The van der Waals surface area contributed by atoms with E-state index in [1.165, 1.54) is 0 Å². The molecule has 0 amide bonds. The summed E-state index contributed by atoms with van der Waals surface area (Å²) in [4.78, 5) is 0. The van der Waals surface area contributed by atoms with Crippen LogP contribution in [-0.2, 0) is 4.43 Å². The summed E-state index contributed by atoms with van der Waals surface area (Å²) in [6.07, 6.45) is 1.74. The third kappa shape index (κ3) is 4.44. The molecule has 3 heteroatoms. The molecule has 1 N–H and O–H groups in total. The lowest BCUT2D eigenvalue weighted by Crippen LogP contribution is -2.25. The van der Waals surface area contributed by atoms with Crippen LogP contribution in [0, 0.1) is 0 Å². The molecule has 0 saturated heterocycles. The first-order valence-electron chi connectivity index (χ1n) is 4.50. The second-order valence-corrected chi connectivity index (χ2v) is 8.26. The first-order chi connectivity index (χ1) is 5.40. The van der Waals surface area contributed by atoms with Gasteiger partial charge < -0.3 is 9.53 Å². The highest BCUT2D eigenvalue weighted by molar-refractivity contribution is 6.69. The van der Waals surface area contributed by atoms with Crippen molar-refractivity contribution in [3.63, 3.8) is 0 Å². The molecule has 0 atom stereocenters. The van der Waals surface area contributed by atoms with Crippen LogP contribution < -0.4 is 0 Å². The first-order valence-corrected chi connectivity index (χ1v) is 7.91. The van der Waals surface area contributed by atoms with Crippen LogP contribution in [0.1, 0.15) is 26.7 Å². The standard InChI is InChI=1S/C9H20O2Si/c1-6-8(7-2)9(10)11-12(3,4)5/h10H,6-7H2,1-5H3. The van der Waals surface area contributed by atoms with E-state index in [1.54, 1.807) is 0 Å². The average Bonchev–Trinajstić information content (AvgIpc) is 1.85. The fourth-order valence-electron chi connectivity index (χ4n) is 0.915. The van der Waals surface area contributed by atoms with E-state index in [0.29, 0.717) is 0 Å². The number of rotatable bonds is 4. The zero-order chi connectivity index (χ0) is 9.78. The van der Waals surface area contributed by atoms with Crippen molar-refractivity contribution >= 4 is 8.32 Å². The Balaban J connectivity index is 4.34. The average molecular weight is 188 g/mol. The zero-order valence-corrected chi connectivity index (χ0v) is 9.77. The normalized spacial score (nSPS) is 11.1. The van der Waals surface area contributed by atoms with Crippen molar-refractivity contribution in [1.29, 1.82) is 0 Å². The van der Waals surface area contributed by atoms with Crippen LogP contribution in [0.5, 0.6) is 0 Å². The molecule has 0 aromatic carbocycles. The molecule has 0 unspecified atom stereocenters. The Labute approximate surface area is 76.4 Å². The van der Waals surface area contributed by atoms with E-state index in [4.69, 9.17) is 4.43 Å². The minimum Gasteiger partial charge on any atom is -0.520 e. The summed E-state index contributed by atoms with van der Waals surface area (Å²) < 4.78 is 5.46. The van der Waals surface area contributed by atoms with Gasteiger partial charge in [-0.1, -0.05) is 13.8 Å². The molecule has 0 aromatic rings. The zero-order valence-electron chi connectivity index (χ0n) is 8.77. The second-order valence-electron chi connectivity index (χ2n) is 3.83. The highest BCUT2D eigenvalue weighted by atomic mass is 28.4. The van der Waals surface area contributed by atoms with Gasteiger partial charge in [0, 0.05) is 5.57 Å². The van der Waals surface area contributed by atoms with Crippen LogP contribution in [0.4, 0.5) is 0 Å². The van der Waals surface area contributed by atoms with Crippen molar-refractivity contribution in [2.24, 2.45) is 0 Å². The molecule has 72 valence electrons. The lowest BCUT2D eigenvalue weighted by atomic mass is 10.2. The van der Waals surface area contributed by atoms with Gasteiger partial charge in [0.05, 0.1) is 0 Å². The first kappa shape index (κ1) is 11.6. The monoisotopic (exact) mass is 188 g/mol. The maximum atomic E-state index is 9.54. The molecule has 12 heavy (non-hydrogen) atoms. The van der Waals surface area contributed by atoms with E-state index in [0.717, 1.165) is 18.4 Å². The number of aliphatic hydroxyl groups excluding tert-OH is 1. The van der Waals surface area contributed by atoms with Crippen LogP contribution in [0.25, 0.3) is 0 Å². The molecular weight excluding hydrogens is 168 g/mol. The summed E-state index contributed by atoms with van der Waals surface area (Å²) in [7, 11) is -1.62. The van der Waals surface area contributed by atoms with Gasteiger partial charge in [0.1, 0.15) is 0 Å². The Kier molecular flexibility index (Phi) is 4.38. The van der Waals surface area contributed by atoms with Gasteiger partial charge >= 0.3 is 0 Å². The fraction of sp³-hybridized carbons (Fsp3) is 0.778. The molecule has 0 radical (unpaired) electrons. The smallest absolute Gasteiger partial charge is 0.261 e. The summed E-state index contributed by atoms with van der Waals surface area (Å²) >= 11 is 0. The molecule has 0 bridgehead atoms. The Morgan fingerprint density at radius 2 is 1.58 bits per heavy atom. The SMILES string of the molecule is CCC(CC)=C(O)O[Si](C)(C)C. The van der Waals surface area contributed by atoms with Crippen molar-refractivity contribution < 1.29 is 9.53 Å². The Bertz CT molecular complexity index is 162. The van der Waals surface area contributed by atoms with Gasteiger partial charge in [-0.3, -0.25) is 0 Å². The minimum absolute atomic E-state index is 0.166. The molecule has 0 aliphatic heterocycles. The predicted octanol–water partition coefficient (Wildman–Crippen LogP) is 3.43. The van der Waals surface area contributed by atoms with Crippen LogP contribution in [0.15, 0.2) is 11.5 Å². The van der Waals surface area contributed by atoms with Gasteiger partial charge in [-0.25, -0.2) is 0 Å². The molecule has 0 heterocycles. The van der Waals surface area contributed by atoms with Crippen molar-refractivity contribution in [1.82, 2.24) is 0 Å². The van der Waals surface area contributed by atoms with Crippen molar-refractivity contribution in [2.45, 2.75) is 46.3 Å². The lowest BCUT2D eigenvalue weighted by molar-refractivity contribution is 0.195. The topological polar surface area (TPSA) is 29.5 Å². The maximum Gasteiger partial charge on any atom is 0.261 e. The van der Waals surface area contributed by atoms with E-state index in [1.807, 2.05) is 13.8 Å². The lowest BCUT2D eigenvalue weighted by Gasteiger charge is -2.19. The molecule has 0 aromatic heterocycles. The van der Waals surface area contributed by atoms with Gasteiger partial charge in [-0.15, -0.1) is 0 Å². The van der Waals surface area contributed by atoms with Crippen LogP contribution in [0.3, 0.4) is 0 Å². The Hall–Kier alpha value is -0.443. The van der Waals surface area contributed by atoms with E-state index in [-0.39, 0.29) is 5.95 Å². The fourth-order valence-corrected chi connectivity index (χ4v) is 1.64. The predicted molar refractivity (Wildman–Crippen MR) is 54.7 cm³/mol. The molecule has 0 saturated carbocycles. The highest BCUT2D eigenvalue weighted by Gasteiger charge is 2.18. The quantitative estimate of drug-likeness (QED) is 0.541. The number of hydrogen-bond donors (Lipinski definition) is 1. The number of hydrogen-bond acceptors (Lipinski definition) is 2. The molecule has 0 fully saturated rings. The third-order valence-electron chi connectivity index (χ3n) is 1.56. The largest absolute Gasteiger partial charge is 0.520 e. The summed E-state index contributed by atoms with van der Waals surface area (Å²) in [6.45, 7) is 10.2. The van der Waals surface area contributed by atoms with Crippen molar-refractivity contribution in [3.05, 3.63) is 11.5 Å². The van der Waals surface area contributed by atoms with E-state index in [9.17, 15) is 5.11 Å². The summed E-state index contributed by atoms with van der Waals surface area (Å²) in [5.74, 6) is 0.166. The maximum absolute atomic E-state index is 9.54. The van der Waals surface area contributed by atoms with E-state index >= 15 is 0 Å². The molecular formula is C9H20O2Si. The highest BCUT2D eigenvalue weighted by Crippen LogP contribution is 2.16. The van der Waals surface area contributed by atoms with Crippen LogP contribution >= 0.6 is 0 Å². The van der Waals surface area contributed by atoms with E-state index < -0.39 is 8.32 Å². The third-order valence-corrected chi connectivity index (χ3v) is 2.36. The minimum atomic E-state index is -1.62. The van der Waals surface area contributed by atoms with Gasteiger partial charge in [0.25, 0.3) is 5.95 Å². The Morgan fingerprint density at radius 3 is 1.83 bits per heavy atom. The van der Waals surface area contributed by atoms with Crippen molar-refractivity contribution in [2.75, 3.05) is 0 Å². The van der Waals surface area contributed by atoms with E-state index in [2.05, 4.69) is 19.6 Å². The van der Waals surface area contributed by atoms with Crippen molar-refractivity contribution in [3.8, 4) is 0 Å². The molecule has 0 aliphatic rings. The second kappa shape index (κ2) is 4.55. The summed E-state index contributed by atoms with van der Waals surface area (Å²) in [6, 6.07) is 0. The van der Waals surface area contributed by atoms with Crippen LogP contribution in [0.2, 0.25) is 19.6 Å². The van der Waals surface area contributed by atoms with Gasteiger partial charge in [-0.05, 0) is 32.5 Å². The van der Waals surface area contributed by atoms with Gasteiger partial charge in [0.2, 0.25) is 8.32 Å². The number of aliphatic hydroxyl groups is 1. The summed E-state index contributed by atoms with van der Waals surface area (Å²) in [5.41, 5.74) is 1.01. The Morgan fingerprint density at radius 1 is 1.17 bits per heavy atom. The summed E-state index contributed by atoms with van der Waals surface area (Å²) in [5, 5.41) is 9.54. The molecule has 0 rings (SSSR count). The van der Waals surface area contributed by atoms with Gasteiger partial charge in [-0.2, -0.15) is 0 Å². The molecule has 2 nitrogen and oxygen atoms in total. The van der Waals surface area contributed by atoms with Crippen LogP contribution in [-0.4, -0.2) is 13.4 Å². The number of allylic oxidation sites excluding steroid dienone is 1.